The van der Waals surface area contributed by atoms with Crippen molar-refractivity contribution in [3.63, 3.8) is 0 Å². The first-order valence-electron chi connectivity index (χ1n) is 6.71. The number of fused-ring (bicyclic) bond motifs is 1. The van der Waals surface area contributed by atoms with E-state index in [0.29, 0.717) is 0 Å². The smallest absolute Gasteiger partial charge is 0.257 e. The van der Waals surface area contributed by atoms with Crippen LogP contribution in [-0.2, 0) is 0 Å². The van der Waals surface area contributed by atoms with Crippen LogP contribution in [-0.4, -0.2) is 29.3 Å². The fourth-order valence-corrected chi connectivity index (χ4v) is 2.70. The van der Waals surface area contributed by atoms with Gasteiger partial charge in [0.2, 0.25) is 0 Å². The lowest BCUT2D eigenvalue weighted by Crippen LogP contribution is -2.37. The summed E-state index contributed by atoms with van der Waals surface area (Å²) >= 11 is 0. The third-order valence-electron chi connectivity index (χ3n) is 3.90. The van der Waals surface area contributed by atoms with Gasteiger partial charge in [-0.15, -0.1) is 0 Å². The average molecular weight is 258 g/mol. The van der Waals surface area contributed by atoms with Gasteiger partial charge in [-0.1, -0.05) is 12.1 Å². The molecule has 0 spiro atoms. The molecule has 0 unspecified atom stereocenters. The van der Waals surface area contributed by atoms with E-state index in [1.807, 2.05) is 31.2 Å². The fourth-order valence-electron chi connectivity index (χ4n) is 2.70. The highest BCUT2D eigenvalue weighted by atomic mass is 16.3. The predicted octanol–water partition coefficient (Wildman–Crippen LogP) is 1.80. The summed E-state index contributed by atoms with van der Waals surface area (Å²) in [6.45, 7) is 3.59. The fraction of sp³-hybridized carbons (Fsp3) is 0.400. The number of piperidine rings is 1. The number of hydrogen-bond donors (Lipinski definition) is 2. The molecule has 4 nitrogen and oxygen atoms in total. The molecule has 1 fully saturated rings. The first-order chi connectivity index (χ1) is 9.15. The Balaban J connectivity index is 2.06. The van der Waals surface area contributed by atoms with Crippen molar-refractivity contribution < 1.29 is 5.11 Å². The Morgan fingerprint density at radius 1 is 1.26 bits per heavy atom. The summed E-state index contributed by atoms with van der Waals surface area (Å²) in [5, 5.41) is 11.3. The number of pyridine rings is 1. The maximum absolute atomic E-state index is 12.1. The number of aryl methyl sites for hydroxylation is 1. The zero-order valence-electron chi connectivity index (χ0n) is 11.0. The molecule has 1 aromatic heterocycles. The highest BCUT2D eigenvalue weighted by Crippen LogP contribution is 2.22. The number of nitrogens with one attached hydrogen (secondary N) is 1. The topological polar surface area (TPSA) is 56.3 Å². The molecule has 3 rings (SSSR count). The van der Waals surface area contributed by atoms with Crippen molar-refractivity contribution in [3.8, 4) is 0 Å². The minimum Gasteiger partial charge on any atom is -0.393 e. The predicted molar refractivity (Wildman–Crippen MR) is 76.8 cm³/mol. The number of aromatic amines is 1. The SMILES string of the molecule is Cc1cccc2c(=O)[nH]c(N3CCC(O)CC3)cc12. The van der Waals surface area contributed by atoms with Gasteiger partial charge in [0, 0.05) is 18.5 Å². The van der Waals surface area contributed by atoms with Gasteiger partial charge in [0.05, 0.1) is 6.10 Å². The molecule has 19 heavy (non-hydrogen) atoms. The van der Waals surface area contributed by atoms with Crippen LogP contribution in [0.1, 0.15) is 18.4 Å². The molecular weight excluding hydrogens is 240 g/mol. The molecule has 0 atom stereocenters. The van der Waals surface area contributed by atoms with Crippen molar-refractivity contribution in [3.05, 3.63) is 40.2 Å². The van der Waals surface area contributed by atoms with Crippen LogP contribution in [0, 0.1) is 6.92 Å². The normalized spacial score (nSPS) is 17.1. The first-order valence-corrected chi connectivity index (χ1v) is 6.71. The van der Waals surface area contributed by atoms with Gasteiger partial charge in [-0.2, -0.15) is 0 Å². The van der Waals surface area contributed by atoms with Gasteiger partial charge in [0.25, 0.3) is 5.56 Å². The maximum Gasteiger partial charge on any atom is 0.257 e. The van der Waals surface area contributed by atoms with Gasteiger partial charge in [-0.25, -0.2) is 0 Å². The zero-order valence-corrected chi connectivity index (χ0v) is 11.0. The molecule has 0 bridgehead atoms. The van der Waals surface area contributed by atoms with Crippen LogP contribution < -0.4 is 10.5 Å². The number of aromatic nitrogens is 1. The summed E-state index contributed by atoms with van der Waals surface area (Å²) in [4.78, 5) is 17.2. The van der Waals surface area contributed by atoms with Gasteiger partial charge >= 0.3 is 0 Å². The van der Waals surface area contributed by atoms with E-state index < -0.39 is 0 Å². The molecule has 1 aliphatic rings. The molecule has 100 valence electrons. The number of aliphatic hydroxyl groups excluding tert-OH is 1. The molecule has 0 saturated carbocycles. The van der Waals surface area contributed by atoms with Gasteiger partial charge in [0.1, 0.15) is 5.82 Å². The largest absolute Gasteiger partial charge is 0.393 e. The van der Waals surface area contributed by atoms with E-state index in [0.717, 1.165) is 48.1 Å². The molecular formula is C15H18N2O2. The van der Waals surface area contributed by atoms with E-state index in [1.165, 1.54) is 0 Å². The van der Waals surface area contributed by atoms with Crippen molar-refractivity contribution in [1.82, 2.24) is 4.98 Å². The van der Waals surface area contributed by atoms with Crippen LogP contribution >= 0.6 is 0 Å². The van der Waals surface area contributed by atoms with Crippen LogP contribution in [0.4, 0.5) is 5.82 Å². The molecule has 1 aliphatic heterocycles. The molecule has 2 heterocycles. The Hall–Kier alpha value is -1.81. The number of rotatable bonds is 1. The second kappa shape index (κ2) is 4.70. The summed E-state index contributed by atoms with van der Waals surface area (Å²) in [5.41, 5.74) is 1.07. The Morgan fingerprint density at radius 3 is 2.74 bits per heavy atom. The first kappa shape index (κ1) is 12.2. The average Bonchev–Trinajstić information content (AvgIpc) is 2.41. The van der Waals surface area contributed by atoms with E-state index in [2.05, 4.69) is 9.88 Å². The quantitative estimate of drug-likeness (QED) is 0.820. The second-order valence-corrected chi connectivity index (χ2v) is 5.24. The Morgan fingerprint density at radius 2 is 2.00 bits per heavy atom. The van der Waals surface area contributed by atoms with Crippen LogP contribution in [0.3, 0.4) is 0 Å². The number of anilines is 1. The molecule has 1 saturated heterocycles. The minimum absolute atomic E-state index is 0.0395. The number of benzene rings is 1. The third-order valence-corrected chi connectivity index (χ3v) is 3.90. The highest BCUT2D eigenvalue weighted by molar-refractivity contribution is 5.86. The summed E-state index contributed by atoms with van der Waals surface area (Å²) in [6, 6.07) is 7.82. The van der Waals surface area contributed by atoms with Crippen LogP contribution in [0.15, 0.2) is 29.1 Å². The monoisotopic (exact) mass is 258 g/mol. The van der Waals surface area contributed by atoms with E-state index in [4.69, 9.17) is 0 Å². The van der Waals surface area contributed by atoms with E-state index in [-0.39, 0.29) is 11.7 Å². The van der Waals surface area contributed by atoms with Crippen molar-refractivity contribution in [2.24, 2.45) is 0 Å². The van der Waals surface area contributed by atoms with Crippen molar-refractivity contribution in [2.45, 2.75) is 25.9 Å². The zero-order chi connectivity index (χ0) is 13.4. The number of nitrogens with zero attached hydrogens (tertiary/aromatic N) is 1. The summed E-state index contributed by atoms with van der Waals surface area (Å²) in [7, 11) is 0. The van der Waals surface area contributed by atoms with Gasteiger partial charge < -0.3 is 15.0 Å². The van der Waals surface area contributed by atoms with Crippen molar-refractivity contribution in [2.75, 3.05) is 18.0 Å². The molecule has 0 aliphatic carbocycles. The van der Waals surface area contributed by atoms with E-state index in [9.17, 15) is 9.90 Å². The summed E-state index contributed by atoms with van der Waals surface area (Å²) in [5.74, 6) is 0.860. The van der Waals surface area contributed by atoms with Crippen LogP contribution in [0.25, 0.3) is 10.8 Å². The van der Waals surface area contributed by atoms with Crippen LogP contribution in [0.5, 0.6) is 0 Å². The number of hydrogen-bond acceptors (Lipinski definition) is 3. The third kappa shape index (κ3) is 2.24. The van der Waals surface area contributed by atoms with Gasteiger partial charge in [-0.3, -0.25) is 4.79 Å². The Bertz CT molecular complexity index is 655. The molecule has 2 aromatic rings. The highest BCUT2D eigenvalue weighted by Gasteiger charge is 2.18. The molecule has 1 aromatic carbocycles. The molecule has 0 radical (unpaired) electrons. The number of aliphatic hydroxyl groups is 1. The summed E-state index contributed by atoms with van der Waals surface area (Å²) < 4.78 is 0. The van der Waals surface area contributed by atoms with Gasteiger partial charge in [0.15, 0.2) is 0 Å². The Labute approximate surface area is 111 Å². The van der Waals surface area contributed by atoms with Crippen molar-refractivity contribution in [1.29, 1.82) is 0 Å². The summed E-state index contributed by atoms with van der Waals surface area (Å²) in [6.07, 6.45) is 1.31. The van der Waals surface area contributed by atoms with Gasteiger partial charge in [-0.05, 0) is 42.8 Å². The standard InChI is InChI=1S/C15H18N2O2/c1-10-3-2-4-12-13(10)9-14(16-15(12)19)17-7-5-11(18)6-8-17/h2-4,9,11,18H,5-8H2,1H3,(H,16,19). The maximum atomic E-state index is 12.1. The lowest BCUT2D eigenvalue weighted by molar-refractivity contribution is 0.145. The van der Waals surface area contributed by atoms with E-state index in [1.54, 1.807) is 0 Å². The van der Waals surface area contributed by atoms with E-state index >= 15 is 0 Å². The van der Waals surface area contributed by atoms with Crippen LogP contribution in [0.2, 0.25) is 0 Å². The molecule has 2 N–H and O–H groups in total. The lowest BCUT2D eigenvalue weighted by atomic mass is 10.1. The molecule has 4 heteroatoms. The lowest BCUT2D eigenvalue weighted by Gasteiger charge is -2.31. The minimum atomic E-state index is -0.204. The van der Waals surface area contributed by atoms with Crippen molar-refractivity contribution >= 4 is 16.6 Å². The second-order valence-electron chi connectivity index (χ2n) is 5.24. The Kier molecular flexibility index (Phi) is 3.03. The molecule has 0 amide bonds. The number of H-pyrrole nitrogens is 1.